The second-order valence-electron chi connectivity index (χ2n) is 5.12. The Labute approximate surface area is 123 Å². The maximum absolute atomic E-state index is 6.29. The van der Waals surface area contributed by atoms with Gasteiger partial charge in [0.15, 0.2) is 0 Å². The molecule has 2 aromatic heterocycles. The topological polar surface area (TPSA) is 35.6 Å². The van der Waals surface area contributed by atoms with Gasteiger partial charge in [0.25, 0.3) is 0 Å². The summed E-state index contributed by atoms with van der Waals surface area (Å²) in [5.41, 5.74) is 3.29. The average molecular weight is 289 g/mol. The Bertz CT molecular complexity index is 754. The third-order valence-electron chi connectivity index (χ3n) is 3.51. The predicted octanol–water partition coefficient (Wildman–Crippen LogP) is 3.43. The Kier molecular flexibility index (Phi) is 3.26. The summed E-state index contributed by atoms with van der Waals surface area (Å²) in [4.78, 5) is 9.06. The van der Waals surface area contributed by atoms with Gasteiger partial charge in [-0.25, -0.2) is 9.97 Å². The van der Waals surface area contributed by atoms with Crippen LogP contribution in [0, 0.1) is 6.92 Å². The smallest absolute Gasteiger partial charge is 0.128 e. The van der Waals surface area contributed by atoms with E-state index in [9.17, 15) is 0 Å². The quantitative estimate of drug-likeness (QED) is 0.692. The number of halogens is 1. The second kappa shape index (κ2) is 4.94. The van der Waals surface area contributed by atoms with Gasteiger partial charge in [0.2, 0.25) is 0 Å². The standard InChI is InChI=1S/C15H17ClN4/c1-10-4-5-13-12(8-10)18-15(11(2)16)20(13)9-14-17-6-7-19(14)3/h4-8,11H,9H2,1-3H3. The fourth-order valence-electron chi connectivity index (χ4n) is 2.42. The minimum absolute atomic E-state index is 0.136. The first-order valence-electron chi connectivity index (χ1n) is 6.63. The lowest BCUT2D eigenvalue weighted by atomic mass is 10.2. The van der Waals surface area contributed by atoms with E-state index in [4.69, 9.17) is 11.6 Å². The fourth-order valence-corrected chi connectivity index (χ4v) is 2.59. The summed E-state index contributed by atoms with van der Waals surface area (Å²) >= 11 is 6.29. The van der Waals surface area contributed by atoms with E-state index >= 15 is 0 Å². The highest BCUT2D eigenvalue weighted by molar-refractivity contribution is 6.20. The summed E-state index contributed by atoms with van der Waals surface area (Å²) in [6.07, 6.45) is 3.75. The van der Waals surface area contributed by atoms with Crippen LogP contribution in [0.4, 0.5) is 0 Å². The van der Waals surface area contributed by atoms with Gasteiger partial charge < -0.3 is 9.13 Å². The number of hydrogen-bond donors (Lipinski definition) is 0. The molecule has 1 unspecified atom stereocenters. The van der Waals surface area contributed by atoms with Crippen LogP contribution in [0.15, 0.2) is 30.6 Å². The van der Waals surface area contributed by atoms with Gasteiger partial charge in [-0.1, -0.05) is 6.07 Å². The van der Waals surface area contributed by atoms with Crippen molar-refractivity contribution in [2.24, 2.45) is 7.05 Å². The van der Waals surface area contributed by atoms with Crippen molar-refractivity contribution in [1.82, 2.24) is 19.1 Å². The third kappa shape index (κ3) is 2.20. The first kappa shape index (κ1) is 13.2. The minimum atomic E-state index is -0.136. The van der Waals surface area contributed by atoms with E-state index in [1.165, 1.54) is 5.56 Å². The molecule has 2 heterocycles. The van der Waals surface area contributed by atoms with Gasteiger partial charge in [-0.15, -0.1) is 11.6 Å². The summed E-state index contributed by atoms with van der Waals surface area (Å²) < 4.78 is 4.16. The van der Waals surface area contributed by atoms with Gasteiger partial charge in [0.05, 0.1) is 23.0 Å². The number of alkyl halides is 1. The van der Waals surface area contributed by atoms with Crippen LogP contribution in [0.5, 0.6) is 0 Å². The normalized spacial score (nSPS) is 13.0. The molecule has 0 spiro atoms. The van der Waals surface area contributed by atoms with Crippen molar-refractivity contribution in [2.75, 3.05) is 0 Å². The second-order valence-corrected chi connectivity index (χ2v) is 5.77. The molecule has 0 N–H and O–H groups in total. The number of rotatable bonds is 3. The molecular weight excluding hydrogens is 272 g/mol. The first-order valence-corrected chi connectivity index (χ1v) is 7.07. The molecule has 3 rings (SSSR count). The monoisotopic (exact) mass is 288 g/mol. The van der Waals surface area contributed by atoms with Gasteiger partial charge in [-0.3, -0.25) is 0 Å². The largest absolute Gasteiger partial charge is 0.337 e. The Hall–Kier alpha value is -1.81. The van der Waals surface area contributed by atoms with Crippen LogP contribution >= 0.6 is 11.6 Å². The van der Waals surface area contributed by atoms with E-state index in [1.54, 1.807) is 0 Å². The van der Waals surface area contributed by atoms with Crippen LogP contribution in [0.25, 0.3) is 11.0 Å². The Morgan fingerprint density at radius 2 is 2.15 bits per heavy atom. The van der Waals surface area contributed by atoms with E-state index in [-0.39, 0.29) is 5.38 Å². The highest BCUT2D eigenvalue weighted by atomic mass is 35.5. The van der Waals surface area contributed by atoms with E-state index in [1.807, 2.05) is 30.9 Å². The zero-order chi connectivity index (χ0) is 14.3. The lowest BCUT2D eigenvalue weighted by Crippen LogP contribution is -2.09. The number of nitrogens with zero attached hydrogens (tertiary/aromatic N) is 4. The van der Waals surface area contributed by atoms with Crippen molar-refractivity contribution in [3.05, 3.63) is 47.8 Å². The minimum Gasteiger partial charge on any atom is -0.337 e. The zero-order valence-corrected chi connectivity index (χ0v) is 12.6. The van der Waals surface area contributed by atoms with Crippen molar-refractivity contribution >= 4 is 22.6 Å². The molecule has 20 heavy (non-hydrogen) atoms. The molecule has 0 aliphatic rings. The van der Waals surface area contributed by atoms with Crippen LogP contribution in [0.2, 0.25) is 0 Å². The number of aromatic nitrogens is 4. The molecule has 0 fully saturated rings. The van der Waals surface area contributed by atoms with Crippen molar-refractivity contribution in [1.29, 1.82) is 0 Å². The van der Waals surface area contributed by atoms with Crippen molar-refractivity contribution in [3.8, 4) is 0 Å². The van der Waals surface area contributed by atoms with Gasteiger partial charge in [-0.2, -0.15) is 0 Å². The van der Waals surface area contributed by atoms with Gasteiger partial charge in [0.1, 0.15) is 11.6 Å². The molecule has 104 valence electrons. The predicted molar refractivity (Wildman–Crippen MR) is 81.0 cm³/mol. The summed E-state index contributed by atoms with van der Waals surface area (Å²) in [5, 5.41) is -0.136. The van der Waals surface area contributed by atoms with Gasteiger partial charge in [0, 0.05) is 19.4 Å². The van der Waals surface area contributed by atoms with E-state index in [2.05, 4.69) is 39.7 Å². The number of aryl methyl sites for hydroxylation is 2. The molecular formula is C15H17ClN4. The molecule has 0 aliphatic carbocycles. The highest BCUT2D eigenvalue weighted by Crippen LogP contribution is 2.25. The summed E-state index contributed by atoms with van der Waals surface area (Å²) in [5.74, 6) is 1.87. The summed E-state index contributed by atoms with van der Waals surface area (Å²) in [6, 6.07) is 6.29. The third-order valence-corrected chi connectivity index (χ3v) is 3.70. The lowest BCUT2D eigenvalue weighted by Gasteiger charge is -2.10. The number of imidazole rings is 2. The maximum atomic E-state index is 6.29. The molecule has 1 atom stereocenters. The fraction of sp³-hybridized carbons (Fsp3) is 0.333. The molecule has 0 saturated carbocycles. The summed E-state index contributed by atoms with van der Waals surface area (Å²) in [7, 11) is 2.00. The molecule has 3 aromatic rings. The van der Waals surface area contributed by atoms with Crippen LogP contribution in [-0.4, -0.2) is 19.1 Å². The highest BCUT2D eigenvalue weighted by Gasteiger charge is 2.16. The van der Waals surface area contributed by atoms with Gasteiger partial charge >= 0.3 is 0 Å². The van der Waals surface area contributed by atoms with Crippen LogP contribution in [0.3, 0.4) is 0 Å². The average Bonchev–Trinajstić information content (AvgIpc) is 2.95. The van der Waals surface area contributed by atoms with E-state index < -0.39 is 0 Å². The zero-order valence-electron chi connectivity index (χ0n) is 11.8. The van der Waals surface area contributed by atoms with Crippen LogP contribution in [0.1, 0.15) is 29.5 Å². The Morgan fingerprint density at radius 1 is 1.35 bits per heavy atom. The molecule has 0 saturated heterocycles. The number of fused-ring (bicyclic) bond motifs is 1. The van der Waals surface area contributed by atoms with Crippen LogP contribution < -0.4 is 0 Å². The molecule has 5 heteroatoms. The molecule has 4 nitrogen and oxygen atoms in total. The van der Waals surface area contributed by atoms with Gasteiger partial charge in [-0.05, 0) is 31.5 Å². The van der Waals surface area contributed by atoms with Crippen molar-refractivity contribution in [3.63, 3.8) is 0 Å². The molecule has 0 amide bonds. The lowest BCUT2D eigenvalue weighted by molar-refractivity contribution is 0.677. The Balaban J connectivity index is 2.16. The van der Waals surface area contributed by atoms with Crippen molar-refractivity contribution in [2.45, 2.75) is 25.8 Å². The Morgan fingerprint density at radius 3 is 2.80 bits per heavy atom. The van der Waals surface area contributed by atoms with E-state index in [0.717, 1.165) is 22.7 Å². The maximum Gasteiger partial charge on any atom is 0.128 e. The van der Waals surface area contributed by atoms with Crippen LogP contribution in [-0.2, 0) is 13.6 Å². The number of benzene rings is 1. The molecule has 1 aromatic carbocycles. The first-order chi connectivity index (χ1) is 9.56. The SMILES string of the molecule is Cc1ccc2c(c1)nc(C(C)Cl)n2Cc1nccn1C. The van der Waals surface area contributed by atoms with E-state index in [0.29, 0.717) is 6.54 Å². The number of hydrogen-bond acceptors (Lipinski definition) is 2. The van der Waals surface area contributed by atoms with Crippen molar-refractivity contribution < 1.29 is 0 Å². The molecule has 0 aliphatic heterocycles. The molecule has 0 radical (unpaired) electrons. The molecule has 0 bridgehead atoms. The summed E-state index contributed by atoms with van der Waals surface area (Å²) in [6.45, 7) is 4.70.